The Bertz CT molecular complexity index is 129. The minimum atomic E-state index is -0.390. The minimum absolute atomic E-state index is 0.0833. The highest BCUT2D eigenvalue weighted by Crippen LogP contribution is 2.10. The molecular weight excluding hydrogens is 140 g/mol. The van der Waals surface area contributed by atoms with E-state index in [-0.39, 0.29) is 12.1 Å². The van der Waals surface area contributed by atoms with Crippen LogP contribution in [0, 0.1) is 5.21 Å². The average Bonchev–Trinajstić information content (AvgIpc) is 1.86. The molecule has 0 aromatic heterocycles. The van der Waals surface area contributed by atoms with E-state index in [1.54, 1.807) is 20.2 Å². The van der Waals surface area contributed by atoms with Crippen molar-refractivity contribution in [2.75, 3.05) is 14.1 Å². The van der Waals surface area contributed by atoms with Gasteiger partial charge in [0.25, 0.3) is 0 Å². The topological polar surface area (TPSA) is 49.1 Å². The van der Waals surface area contributed by atoms with Crippen LogP contribution in [0.15, 0.2) is 12.7 Å². The average molecular weight is 158 g/mol. The van der Waals surface area contributed by atoms with E-state index in [0.29, 0.717) is 0 Å². The summed E-state index contributed by atoms with van der Waals surface area (Å²) >= 11 is 0. The van der Waals surface area contributed by atoms with Crippen LogP contribution in [-0.4, -0.2) is 30.8 Å². The lowest BCUT2D eigenvalue weighted by Crippen LogP contribution is -2.52. The summed E-state index contributed by atoms with van der Waals surface area (Å²) < 4.78 is -0.390. The second-order valence-electron chi connectivity index (χ2n) is 3.23. The Morgan fingerprint density at radius 2 is 2.09 bits per heavy atom. The summed E-state index contributed by atoms with van der Waals surface area (Å²) in [6, 6.07) is -0.278. The number of rotatable bonds is 4. The first-order valence-corrected chi connectivity index (χ1v) is 3.86. The quantitative estimate of drug-likeness (QED) is 0.374. The lowest BCUT2D eigenvalue weighted by molar-refractivity contribution is -0.860. The number of quaternary nitrogens is 1. The van der Waals surface area contributed by atoms with Crippen LogP contribution in [0.5, 0.6) is 0 Å². The lowest BCUT2D eigenvalue weighted by Gasteiger charge is -2.42. The molecule has 2 N–H and O–H groups in total. The fourth-order valence-electron chi connectivity index (χ4n) is 1.13. The summed E-state index contributed by atoms with van der Waals surface area (Å²) in [4.78, 5) is 0. The van der Waals surface area contributed by atoms with Crippen molar-refractivity contribution in [1.82, 2.24) is 0 Å². The predicted octanol–water partition coefficient (Wildman–Crippen LogP) is 0.853. The molecule has 0 saturated carbocycles. The van der Waals surface area contributed by atoms with Gasteiger partial charge in [0, 0.05) is 0 Å². The van der Waals surface area contributed by atoms with Gasteiger partial charge in [-0.15, -0.1) is 0 Å². The number of hydrogen-bond acceptors (Lipinski definition) is 2. The number of hydrogen-bond donors (Lipinski definition) is 1. The normalized spacial score (nSPS) is 17.5. The SMILES string of the molecule is C=CC(C(N)CC)[N+](C)(C)[O-]. The minimum Gasteiger partial charge on any atom is -0.633 e. The van der Waals surface area contributed by atoms with Crippen LogP contribution in [0.3, 0.4) is 0 Å². The zero-order valence-electron chi connectivity index (χ0n) is 7.58. The Morgan fingerprint density at radius 3 is 2.18 bits per heavy atom. The van der Waals surface area contributed by atoms with Crippen molar-refractivity contribution in [3.63, 3.8) is 0 Å². The summed E-state index contributed by atoms with van der Waals surface area (Å²) in [6.45, 7) is 5.57. The van der Waals surface area contributed by atoms with E-state index < -0.39 is 4.65 Å². The zero-order valence-corrected chi connectivity index (χ0v) is 7.58. The van der Waals surface area contributed by atoms with Gasteiger partial charge >= 0.3 is 0 Å². The summed E-state index contributed by atoms with van der Waals surface area (Å²) in [5.74, 6) is 0. The van der Waals surface area contributed by atoms with Gasteiger partial charge in [0.15, 0.2) is 0 Å². The van der Waals surface area contributed by atoms with Crippen LogP contribution in [0.25, 0.3) is 0 Å². The molecule has 0 saturated heterocycles. The third-order valence-corrected chi connectivity index (χ3v) is 1.87. The third kappa shape index (κ3) is 3.01. The zero-order chi connectivity index (χ0) is 9.07. The van der Waals surface area contributed by atoms with Gasteiger partial charge in [-0.3, -0.25) is 0 Å². The molecule has 0 rings (SSSR count). The van der Waals surface area contributed by atoms with Gasteiger partial charge in [-0.1, -0.05) is 13.5 Å². The molecule has 0 bridgehead atoms. The van der Waals surface area contributed by atoms with Gasteiger partial charge in [-0.25, -0.2) is 0 Å². The largest absolute Gasteiger partial charge is 0.633 e. The number of likely N-dealkylation sites (N-methyl/N-ethyl adjacent to an activating group) is 1. The Labute approximate surface area is 68.7 Å². The van der Waals surface area contributed by atoms with Crippen molar-refractivity contribution in [2.24, 2.45) is 5.73 Å². The summed E-state index contributed by atoms with van der Waals surface area (Å²) in [7, 11) is 3.17. The standard InChI is InChI=1S/C8H18N2O/c1-5-7(9)8(6-2)10(3,4)11/h6-8H,2,5,9H2,1,3-4H3. The predicted molar refractivity (Wildman–Crippen MR) is 47.7 cm³/mol. The van der Waals surface area contributed by atoms with Crippen LogP contribution < -0.4 is 5.73 Å². The van der Waals surface area contributed by atoms with Crippen LogP contribution in [-0.2, 0) is 0 Å². The second-order valence-corrected chi connectivity index (χ2v) is 3.23. The van der Waals surface area contributed by atoms with Crippen molar-refractivity contribution >= 4 is 0 Å². The third-order valence-electron chi connectivity index (χ3n) is 1.87. The van der Waals surface area contributed by atoms with Gasteiger partial charge < -0.3 is 15.6 Å². The highest BCUT2D eigenvalue weighted by atomic mass is 16.5. The molecule has 0 aromatic carbocycles. The van der Waals surface area contributed by atoms with Gasteiger partial charge in [-0.05, 0) is 12.5 Å². The molecule has 0 aliphatic heterocycles. The van der Waals surface area contributed by atoms with Crippen molar-refractivity contribution in [2.45, 2.75) is 25.4 Å². The molecule has 66 valence electrons. The summed E-state index contributed by atoms with van der Waals surface area (Å²) in [5, 5.41) is 11.4. The Morgan fingerprint density at radius 1 is 1.64 bits per heavy atom. The van der Waals surface area contributed by atoms with Gasteiger partial charge in [0.2, 0.25) is 0 Å². The van der Waals surface area contributed by atoms with Gasteiger partial charge in [-0.2, -0.15) is 0 Å². The van der Waals surface area contributed by atoms with E-state index in [1.165, 1.54) is 0 Å². The molecule has 0 aliphatic carbocycles. The molecule has 2 unspecified atom stereocenters. The summed E-state index contributed by atoms with van der Waals surface area (Å²) in [6.07, 6.45) is 2.45. The summed E-state index contributed by atoms with van der Waals surface area (Å²) in [5.41, 5.74) is 5.73. The van der Waals surface area contributed by atoms with E-state index in [2.05, 4.69) is 6.58 Å². The first-order chi connectivity index (χ1) is 4.93. The maximum atomic E-state index is 11.4. The Kier molecular flexibility index (Phi) is 3.72. The van der Waals surface area contributed by atoms with Crippen molar-refractivity contribution in [3.05, 3.63) is 17.9 Å². The molecule has 11 heavy (non-hydrogen) atoms. The molecule has 0 heterocycles. The number of nitrogens with two attached hydrogens (primary N) is 1. The van der Waals surface area contributed by atoms with Crippen molar-refractivity contribution < 1.29 is 4.65 Å². The van der Waals surface area contributed by atoms with Crippen LogP contribution in [0.4, 0.5) is 0 Å². The van der Waals surface area contributed by atoms with Gasteiger partial charge in [0.1, 0.15) is 6.04 Å². The Balaban J connectivity index is 4.28. The van der Waals surface area contributed by atoms with Crippen LogP contribution >= 0.6 is 0 Å². The van der Waals surface area contributed by atoms with Crippen LogP contribution in [0.2, 0.25) is 0 Å². The highest BCUT2D eigenvalue weighted by Gasteiger charge is 2.22. The molecule has 2 atom stereocenters. The van der Waals surface area contributed by atoms with E-state index >= 15 is 0 Å². The van der Waals surface area contributed by atoms with E-state index in [9.17, 15) is 5.21 Å². The molecule has 0 aliphatic rings. The molecule has 0 fully saturated rings. The fraction of sp³-hybridized carbons (Fsp3) is 0.750. The highest BCUT2D eigenvalue weighted by molar-refractivity contribution is 4.88. The first kappa shape index (κ1) is 10.6. The molecule has 0 radical (unpaired) electrons. The first-order valence-electron chi connectivity index (χ1n) is 3.86. The lowest BCUT2D eigenvalue weighted by atomic mass is 10.1. The van der Waals surface area contributed by atoms with E-state index in [1.807, 2.05) is 6.92 Å². The van der Waals surface area contributed by atoms with Gasteiger partial charge in [0.05, 0.1) is 20.1 Å². The molecule has 0 aromatic rings. The Hall–Kier alpha value is -0.380. The number of hydroxylamine groups is 3. The maximum Gasteiger partial charge on any atom is 0.122 e. The van der Waals surface area contributed by atoms with E-state index in [0.717, 1.165) is 6.42 Å². The molecule has 0 spiro atoms. The smallest absolute Gasteiger partial charge is 0.122 e. The fourth-order valence-corrected chi connectivity index (χ4v) is 1.13. The monoisotopic (exact) mass is 158 g/mol. The maximum absolute atomic E-state index is 11.4. The van der Waals surface area contributed by atoms with Crippen molar-refractivity contribution in [3.8, 4) is 0 Å². The molecule has 3 nitrogen and oxygen atoms in total. The molecular formula is C8H18N2O. The van der Waals surface area contributed by atoms with Crippen molar-refractivity contribution in [1.29, 1.82) is 0 Å². The number of nitrogens with zero attached hydrogens (tertiary/aromatic N) is 1. The second kappa shape index (κ2) is 3.85. The molecule has 0 amide bonds. The van der Waals surface area contributed by atoms with Crippen LogP contribution in [0.1, 0.15) is 13.3 Å². The molecule has 3 heteroatoms. The van der Waals surface area contributed by atoms with E-state index in [4.69, 9.17) is 5.73 Å².